The van der Waals surface area contributed by atoms with E-state index in [4.69, 9.17) is 10.8 Å². The molecule has 33 heavy (non-hydrogen) atoms. The average Bonchev–Trinajstić information content (AvgIpc) is 2.71. The Bertz CT molecular complexity index is 688. The summed E-state index contributed by atoms with van der Waals surface area (Å²) in [7, 11) is 0. The van der Waals surface area contributed by atoms with Crippen molar-refractivity contribution in [1.82, 2.24) is 16.0 Å². The van der Waals surface area contributed by atoms with Crippen molar-refractivity contribution < 1.29 is 34.2 Å². The van der Waals surface area contributed by atoms with E-state index in [-0.39, 0.29) is 37.5 Å². The predicted octanol–water partition coefficient (Wildman–Crippen LogP) is 0.173. The van der Waals surface area contributed by atoms with Crippen LogP contribution in [0.3, 0.4) is 0 Å². The van der Waals surface area contributed by atoms with Crippen molar-refractivity contribution in [2.45, 2.75) is 77.5 Å². The van der Waals surface area contributed by atoms with Crippen LogP contribution in [-0.4, -0.2) is 76.0 Å². The van der Waals surface area contributed by atoms with E-state index < -0.39 is 53.8 Å². The molecular formula is C21H38N4O7S. The Labute approximate surface area is 199 Å². The molecule has 4 atom stereocenters. The smallest absolute Gasteiger partial charge is 0.326 e. The summed E-state index contributed by atoms with van der Waals surface area (Å²) in [6.07, 6.45) is 1.96. The van der Waals surface area contributed by atoms with Crippen LogP contribution in [0.4, 0.5) is 0 Å². The number of thioether (sulfide) groups is 1. The van der Waals surface area contributed by atoms with E-state index in [1.807, 2.05) is 20.1 Å². The van der Waals surface area contributed by atoms with Gasteiger partial charge in [-0.25, -0.2) is 4.79 Å². The van der Waals surface area contributed by atoms with E-state index in [0.29, 0.717) is 5.75 Å². The normalized spacial score (nSPS) is 14.8. The number of carboxylic acids is 2. The van der Waals surface area contributed by atoms with Gasteiger partial charge in [0.1, 0.15) is 18.1 Å². The average molecular weight is 491 g/mol. The Morgan fingerprint density at radius 3 is 1.88 bits per heavy atom. The lowest BCUT2D eigenvalue weighted by molar-refractivity contribution is -0.142. The van der Waals surface area contributed by atoms with Crippen molar-refractivity contribution in [3.8, 4) is 0 Å². The molecule has 0 radical (unpaired) electrons. The zero-order chi connectivity index (χ0) is 25.7. The Balaban J connectivity index is 5.35. The summed E-state index contributed by atoms with van der Waals surface area (Å²) < 4.78 is 0. The van der Waals surface area contributed by atoms with E-state index in [2.05, 4.69) is 16.0 Å². The Kier molecular flexibility index (Phi) is 14.4. The molecule has 0 aliphatic rings. The minimum Gasteiger partial charge on any atom is -0.481 e. The Morgan fingerprint density at radius 1 is 0.848 bits per heavy atom. The van der Waals surface area contributed by atoms with Crippen molar-refractivity contribution in [2.75, 3.05) is 12.0 Å². The molecular weight excluding hydrogens is 452 g/mol. The molecule has 0 rings (SSSR count). The topological polar surface area (TPSA) is 188 Å². The highest BCUT2D eigenvalue weighted by molar-refractivity contribution is 7.98. The molecule has 0 aliphatic carbocycles. The molecule has 7 N–H and O–H groups in total. The number of hydrogen-bond acceptors (Lipinski definition) is 7. The number of nitrogens with one attached hydrogen (secondary N) is 3. The molecule has 0 aliphatic heterocycles. The van der Waals surface area contributed by atoms with E-state index in [0.717, 1.165) is 0 Å². The fraction of sp³-hybridized carbons (Fsp3) is 0.762. The zero-order valence-electron chi connectivity index (χ0n) is 19.9. The standard InChI is InChI=1S/C21H38N4O7S/c1-11(2)10-15(24-18(28)13(22)6-7-16(26)27)19(29)25-17(12(3)4)20(30)23-14(21(31)32)8-9-33-5/h11-15,17H,6-10,22H2,1-5H3,(H,23,30)(H,24,28)(H,25,29)(H,26,27)(H,31,32). The van der Waals surface area contributed by atoms with Crippen LogP contribution in [-0.2, 0) is 24.0 Å². The maximum absolute atomic E-state index is 13.0. The second-order valence-corrected chi connectivity index (χ2v) is 9.63. The molecule has 3 amide bonds. The molecule has 0 fully saturated rings. The van der Waals surface area contributed by atoms with E-state index in [1.165, 1.54) is 11.8 Å². The molecule has 0 saturated carbocycles. The van der Waals surface area contributed by atoms with Gasteiger partial charge in [0.15, 0.2) is 0 Å². The first kappa shape index (κ1) is 30.7. The van der Waals surface area contributed by atoms with Crippen LogP contribution in [0.5, 0.6) is 0 Å². The predicted molar refractivity (Wildman–Crippen MR) is 126 cm³/mol. The molecule has 0 saturated heterocycles. The Hall–Kier alpha value is -2.34. The van der Waals surface area contributed by atoms with Crippen LogP contribution < -0.4 is 21.7 Å². The van der Waals surface area contributed by atoms with E-state index >= 15 is 0 Å². The highest BCUT2D eigenvalue weighted by Crippen LogP contribution is 2.10. The molecule has 0 aromatic rings. The molecule has 0 spiro atoms. The summed E-state index contributed by atoms with van der Waals surface area (Å²) in [5.74, 6) is -3.93. The third-order valence-corrected chi connectivity index (χ3v) is 5.46. The van der Waals surface area contributed by atoms with Gasteiger partial charge in [-0.3, -0.25) is 19.2 Å². The first-order chi connectivity index (χ1) is 15.3. The number of carbonyl (C=O) groups is 5. The molecule has 0 bridgehead atoms. The summed E-state index contributed by atoms with van der Waals surface area (Å²) >= 11 is 1.45. The van der Waals surface area contributed by atoms with Gasteiger partial charge in [-0.05, 0) is 43.1 Å². The third-order valence-electron chi connectivity index (χ3n) is 4.82. The van der Waals surface area contributed by atoms with Gasteiger partial charge in [0.25, 0.3) is 0 Å². The summed E-state index contributed by atoms with van der Waals surface area (Å²) in [5.41, 5.74) is 5.74. The summed E-state index contributed by atoms with van der Waals surface area (Å²) in [4.78, 5) is 60.2. The largest absolute Gasteiger partial charge is 0.481 e. The minimum absolute atomic E-state index is 0.0190. The van der Waals surface area contributed by atoms with Crippen molar-refractivity contribution >= 4 is 41.4 Å². The second kappa shape index (κ2) is 15.5. The minimum atomic E-state index is -1.16. The molecule has 12 heteroatoms. The molecule has 190 valence electrons. The second-order valence-electron chi connectivity index (χ2n) is 8.64. The number of rotatable bonds is 16. The van der Waals surface area contributed by atoms with Gasteiger partial charge >= 0.3 is 11.9 Å². The number of aliphatic carboxylic acids is 2. The zero-order valence-corrected chi connectivity index (χ0v) is 20.7. The SMILES string of the molecule is CSCCC(NC(=O)C(NC(=O)C(CC(C)C)NC(=O)C(N)CCC(=O)O)C(C)C)C(=O)O. The molecule has 0 aromatic carbocycles. The quantitative estimate of drug-likeness (QED) is 0.175. The monoisotopic (exact) mass is 490 g/mol. The first-order valence-corrected chi connectivity index (χ1v) is 12.3. The van der Waals surface area contributed by atoms with Crippen molar-refractivity contribution in [2.24, 2.45) is 17.6 Å². The Morgan fingerprint density at radius 2 is 1.42 bits per heavy atom. The first-order valence-electron chi connectivity index (χ1n) is 10.9. The van der Waals surface area contributed by atoms with Gasteiger partial charge in [-0.1, -0.05) is 27.7 Å². The maximum atomic E-state index is 13.0. The number of amides is 3. The van der Waals surface area contributed by atoms with Crippen LogP contribution in [0.25, 0.3) is 0 Å². The third kappa shape index (κ3) is 12.5. The number of nitrogens with two attached hydrogens (primary N) is 1. The van der Waals surface area contributed by atoms with Gasteiger partial charge in [-0.15, -0.1) is 0 Å². The van der Waals surface area contributed by atoms with Crippen LogP contribution in [0.2, 0.25) is 0 Å². The van der Waals surface area contributed by atoms with Crippen molar-refractivity contribution in [3.05, 3.63) is 0 Å². The van der Waals surface area contributed by atoms with Gasteiger partial charge in [0.2, 0.25) is 17.7 Å². The van der Waals surface area contributed by atoms with E-state index in [9.17, 15) is 29.1 Å². The fourth-order valence-corrected chi connectivity index (χ4v) is 3.41. The highest BCUT2D eigenvalue weighted by atomic mass is 32.2. The number of hydrogen-bond donors (Lipinski definition) is 6. The van der Waals surface area contributed by atoms with Gasteiger partial charge in [-0.2, -0.15) is 11.8 Å². The van der Waals surface area contributed by atoms with Crippen LogP contribution in [0.1, 0.15) is 53.4 Å². The lowest BCUT2D eigenvalue weighted by atomic mass is 9.99. The van der Waals surface area contributed by atoms with Gasteiger partial charge in [0.05, 0.1) is 6.04 Å². The van der Waals surface area contributed by atoms with Crippen LogP contribution in [0, 0.1) is 11.8 Å². The van der Waals surface area contributed by atoms with Gasteiger partial charge in [0, 0.05) is 6.42 Å². The molecule has 0 aromatic heterocycles. The fourth-order valence-electron chi connectivity index (χ4n) is 2.94. The molecule has 0 heterocycles. The van der Waals surface area contributed by atoms with Crippen molar-refractivity contribution in [3.63, 3.8) is 0 Å². The molecule has 11 nitrogen and oxygen atoms in total. The summed E-state index contributed by atoms with van der Waals surface area (Å²) in [6.45, 7) is 7.12. The lowest BCUT2D eigenvalue weighted by Crippen LogP contribution is -2.58. The van der Waals surface area contributed by atoms with Crippen molar-refractivity contribution in [1.29, 1.82) is 0 Å². The van der Waals surface area contributed by atoms with Gasteiger partial charge < -0.3 is 31.9 Å². The molecule has 4 unspecified atom stereocenters. The van der Waals surface area contributed by atoms with Crippen LogP contribution >= 0.6 is 11.8 Å². The number of carboxylic acid groups (broad SMARTS) is 2. The maximum Gasteiger partial charge on any atom is 0.326 e. The highest BCUT2D eigenvalue weighted by Gasteiger charge is 2.32. The van der Waals surface area contributed by atoms with Crippen LogP contribution in [0.15, 0.2) is 0 Å². The summed E-state index contributed by atoms with van der Waals surface area (Å²) in [5, 5.41) is 25.8. The summed E-state index contributed by atoms with van der Waals surface area (Å²) in [6, 6.07) is -4.18. The number of carbonyl (C=O) groups excluding carboxylic acids is 3. The lowest BCUT2D eigenvalue weighted by Gasteiger charge is -2.27. The van der Waals surface area contributed by atoms with E-state index in [1.54, 1.807) is 13.8 Å².